The number of hydrogen-bond donors (Lipinski definition) is 1. The van der Waals surface area contributed by atoms with Gasteiger partial charge in [-0.25, -0.2) is 0 Å². The monoisotopic (exact) mass is 249 g/mol. The van der Waals surface area contributed by atoms with Crippen molar-refractivity contribution in [1.29, 1.82) is 0 Å². The molecule has 1 aliphatic heterocycles. The van der Waals surface area contributed by atoms with Gasteiger partial charge in [0.05, 0.1) is 0 Å². The van der Waals surface area contributed by atoms with Gasteiger partial charge in [-0.2, -0.15) is 0 Å². The van der Waals surface area contributed by atoms with Gasteiger partial charge in [0, 0.05) is 0 Å². The summed E-state index contributed by atoms with van der Waals surface area (Å²) < 4.78 is 5.97. The topological polar surface area (TPSA) is 21.3 Å². The van der Waals surface area contributed by atoms with Gasteiger partial charge in [0.25, 0.3) is 0 Å². The molecule has 1 fully saturated rings. The molecule has 17 heavy (non-hydrogen) atoms. The Kier molecular flexibility index (Phi) is 3.89. The van der Waals surface area contributed by atoms with Crippen LogP contribution < -0.4 is 9.74 Å². The van der Waals surface area contributed by atoms with E-state index in [1.54, 1.807) is 0 Å². The summed E-state index contributed by atoms with van der Waals surface area (Å²) in [7, 11) is -1.46. The lowest BCUT2D eigenvalue weighted by molar-refractivity contribution is 0.460. The first kappa shape index (κ1) is 12.6. The van der Waals surface area contributed by atoms with Crippen LogP contribution in [-0.4, -0.2) is 21.4 Å². The van der Waals surface area contributed by atoms with Gasteiger partial charge in [-0.3, -0.25) is 0 Å². The number of benzene rings is 1. The van der Waals surface area contributed by atoms with E-state index in [0.717, 1.165) is 24.8 Å². The third-order valence-electron chi connectivity index (χ3n) is 3.11. The Morgan fingerprint density at radius 3 is 2.18 bits per heavy atom. The molecule has 0 spiro atoms. The zero-order chi connectivity index (χ0) is 12.3. The summed E-state index contributed by atoms with van der Waals surface area (Å²) >= 11 is 0. The van der Waals surface area contributed by atoms with Crippen molar-refractivity contribution in [2.75, 3.05) is 13.1 Å². The van der Waals surface area contributed by atoms with Crippen molar-refractivity contribution in [3.63, 3.8) is 0 Å². The van der Waals surface area contributed by atoms with E-state index in [0.29, 0.717) is 0 Å². The van der Waals surface area contributed by atoms with Gasteiger partial charge >= 0.3 is 0 Å². The van der Waals surface area contributed by atoms with Crippen LogP contribution in [0, 0.1) is 0 Å². The van der Waals surface area contributed by atoms with E-state index in [1.807, 2.05) is 0 Å². The highest BCUT2D eigenvalue weighted by Gasteiger charge is 2.17. The second kappa shape index (κ2) is 5.23. The Morgan fingerprint density at radius 1 is 1.06 bits per heavy atom. The minimum absolute atomic E-state index is 0.734. The van der Waals surface area contributed by atoms with Gasteiger partial charge in [-0.15, -0.1) is 0 Å². The van der Waals surface area contributed by atoms with Gasteiger partial charge in [-0.1, -0.05) is 12.1 Å². The molecule has 1 aromatic rings. The van der Waals surface area contributed by atoms with Crippen molar-refractivity contribution < 1.29 is 4.43 Å². The lowest BCUT2D eigenvalue weighted by Gasteiger charge is -2.24. The molecule has 1 heterocycles. The molecule has 1 aliphatic rings. The summed E-state index contributed by atoms with van der Waals surface area (Å²) in [6.45, 7) is 8.95. The molecule has 94 valence electrons. The predicted octanol–water partition coefficient (Wildman–Crippen LogP) is 3.37. The van der Waals surface area contributed by atoms with E-state index < -0.39 is 8.32 Å². The highest BCUT2D eigenvalue weighted by atomic mass is 28.4. The van der Waals surface area contributed by atoms with Crippen LogP contribution in [0.3, 0.4) is 0 Å². The first-order valence-electron chi connectivity index (χ1n) is 6.54. The fourth-order valence-corrected chi connectivity index (χ4v) is 3.16. The Labute approximate surface area is 106 Å². The molecule has 0 bridgehead atoms. The molecule has 3 heteroatoms. The minimum Gasteiger partial charge on any atom is -0.544 e. The molecule has 1 N–H and O–H groups in total. The standard InChI is InChI=1S/C14H23NOSi/c1-17(2,3)16-14-6-4-12(5-7-14)13-8-10-15-11-9-13/h4-7,13,15H,8-11H2,1-3H3. The normalized spacial score (nSPS) is 18.1. The number of nitrogens with one attached hydrogen (secondary N) is 1. The van der Waals surface area contributed by atoms with Crippen LogP contribution in [0.1, 0.15) is 24.3 Å². The smallest absolute Gasteiger partial charge is 0.242 e. The summed E-state index contributed by atoms with van der Waals surface area (Å²) in [6.07, 6.45) is 2.52. The molecule has 2 rings (SSSR count). The first-order valence-corrected chi connectivity index (χ1v) is 9.95. The van der Waals surface area contributed by atoms with Crippen molar-refractivity contribution in [3.8, 4) is 5.75 Å². The van der Waals surface area contributed by atoms with Crippen molar-refractivity contribution in [2.24, 2.45) is 0 Å². The Hall–Kier alpha value is -0.803. The fourth-order valence-electron chi connectivity index (χ4n) is 2.32. The largest absolute Gasteiger partial charge is 0.544 e. The highest BCUT2D eigenvalue weighted by molar-refractivity contribution is 6.70. The van der Waals surface area contributed by atoms with Gasteiger partial charge in [-0.05, 0) is 69.2 Å². The van der Waals surface area contributed by atoms with Gasteiger partial charge in [0.15, 0.2) is 0 Å². The van der Waals surface area contributed by atoms with Crippen LogP contribution >= 0.6 is 0 Å². The fraction of sp³-hybridized carbons (Fsp3) is 0.571. The van der Waals surface area contributed by atoms with Crippen LogP contribution in [0.25, 0.3) is 0 Å². The summed E-state index contributed by atoms with van der Waals surface area (Å²) in [6, 6.07) is 8.75. The Bertz CT molecular complexity index is 349. The summed E-state index contributed by atoms with van der Waals surface area (Å²) in [5, 5.41) is 3.41. The molecular formula is C14H23NOSi. The first-order chi connectivity index (χ1) is 8.04. The van der Waals surface area contributed by atoms with Crippen molar-refractivity contribution in [1.82, 2.24) is 5.32 Å². The molecule has 0 unspecified atom stereocenters. The van der Waals surface area contributed by atoms with Crippen LogP contribution in [0.2, 0.25) is 19.6 Å². The second-order valence-electron chi connectivity index (χ2n) is 5.81. The molecule has 0 aliphatic carbocycles. The summed E-state index contributed by atoms with van der Waals surface area (Å²) in [5.74, 6) is 1.76. The van der Waals surface area contributed by atoms with E-state index >= 15 is 0 Å². The lowest BCUT2D eigenvalue weighted by Crippen LogP contribution is -2.29. The SMILES string of the molecule is C[Si](C)(C)Oc1ccc(C2CCNCC2)cc1. The number of hydrogen-bond acceptors (Lipinski definition) is 2. The number of rotatable bonds is 3. The van der Waals surface area contributed by atoms with Crippen molar-refractivity contribution in [2.45, 2.75) is 38.4 Å². The average molecular weight is 249 g/mol. The third-order valence-corrected chi connectivity index (χ3v) is 3.96. The van der Waals surface area contributed by atoms with Crippen LogP contribution in [0.15, 0.2) is 24.3 Å². The zero-order valence-corrected chi connectivity index (χ0v) is 12.1. The van der Waals surface area contributed by atoms with E-state index in [2.05, 4.69) is 49.2 Å². The minimum atomic E-state index is -1.46. The molecule has 1 aromatic carbocycles. The molecule has 2 nitrogen and oxygen atoms in total. The molecule has 0 saturated carbocycles. The van der Waals surface area contributed by atoms with Crippen LogP contribution in [0.5, 0.6) is 5.75 Å². The Morgan fingerprint density at radius 2 is 1.65 bits per heavy atom. The van der Waals surface area contributed by atoms with E-state index in [-0.39, 0.29) is 0 Å². The second-order valence-corrected chi connectivity index (χ2v) is 10.2. The quantitative estimate of drug-likeness (QED) is 0.829. The highest BCUT2D eigenvalue weighted by Crippen LogP contribution is 2.27. The number of piperidine rings is 1. The van der Waals surface area contributed by atoms with Crippen LogP contribution in [0.4, 0.5) is 0 Å². The van der Waals surface area contributed by atoms with Crippen LogP contribution in [-0.2, 0) is 0 Å². The van der Waals surface area contributed by atoms with E-state index in [4.69, 9.17) is 4.43 Å². The molecule has 0 radical (unpaired) electrons. The van der Waals surface area contributed by atoms with Gasteiger partial charge in [0.2, 0.25) is 8.32 Å². The average Bonchev–Trinajstić information content (AvgIpc) is 2.29. The van der Waals surface area contributed by atoms with Gasteiger partial charge < -0.3 is 9.74 Å². The predicted molar refractivity (Wildman–Crippen MR) is 75.3 cm³/mol. The van der Waals surface area contributed by atoms with Crippen molar-refractivity contribution >= 4 is 8.32 Å². The Balaban J connectivity index is 2.02. The zero-order valence-electron chi connectivity index (χ0n) is 11.1. The lowest BCUT2D eigenvalue weighted by atomic mass is 9.90. The molecule has 0 amide bonds. The third kappa shape index (κ3) is 3.86. The summed E-state index contributed by atoms with van der Waals surface area (Å²) in [5.41, 5.74) is 1.47. The molecule has 0 aromatic heterocycles. The van der Waals surface area contributed by atoms with Gasteiger partial charge in [0.1, 0.15) is 5.75 Å². The molecular weight excluding hydrogens is 226 g/mol. The summed E-state index contributed by atoms with van der Waals surface area (Å²) in [4.78, 5) is 0. The maximum atomic E-state index is 5.97. The van der Waals surface area contributed by atoms with E-state index in [9.17, 15) is 0 Å². The maximum Gasteiger partial charge on any atom is 0.242 e. The van der Waals surface area contributed by atoms with Crippen molar-refractivity contribution in [3.05, 3.63) is 29.8 Å². The molecule has 1 saturated heterocycles. The van der Waals surface area contributed by atoms with E-state index in [1.165, 1.54) is 18.4 Å². The maximum absolute atomic E-state index is 5.97. The molecule has 0 atom stereocenters.